The number of ether oxygens (including phenoxy) is 3. The number of hydrogen-bond donors (Lipinski definition) is 1. The van der Waals surface area contributed by atoms with Crippen LogP contribution in [0.25, 0.3) is 0 Å². The number of anilines is 1. The lowest BCUT2D eigenvalue weighted by Crippen LogP contribution is -2.27. The number of esters is 1. The number of carbonyl (C=O) groups excluding carboxylic acids is 1. The molecule has 146 valence electrons. The van der Waals surface area contributed by atoms with Crippen molar-refractivity contribution in [1.29, 1.82) is 0 Å². The second-order valence-electron chi connectivity index (χ2n) is 7.53. The molecule has 0 amide bonds. The quantitative estimate of drug-likeness (QED) is 0.583. The van der Waals surface area contributed by atoms with Crippen molar-refractivity contribution in [2.45, 2.75) is 52.1 Å². The molecule has 0 aromatic heterocycles. The fraction of sp³-hybridized carbons (Fsp3) is 0.632. The zero-order valence-electron chi connectivity index (χ0n) is 15.7. The van der Waals surface area contributed by atoms with Gasteiger partial charge in [-0.25, -0.2) is 4.79 Å². The van der Waals surface area contributed by atoms with E-state index < -0.39 is 11.6 Å². The monoisotopic (exact) mass is 366 g/mol. The summed E-state index contributed by atoms with van der Waals surface area (Å²) in [5, 5.41) is 20.8. The first kappa shape index (κ1) is 20.5. The van der Waals surface area contributed by atoms with Gasteiger partial charge in [-0.3, -0.25) is 5.21 Å². The van der Waals surface area contributed by atoms with Crippen LogP contribution in [0.1, 0.15) is 45.6 Å². The molecule has 7 nitrogen and oxygen atoms in total. The van der Waals surface area contributed by atoms with Crippen LogP contribution >= 0.6 is 0 Å². The minimum absolute atomic E-state index is 0.138. The van der Waals surface area contributed by atoms with Crippen molar-refractivity contribution in [3.05, 3.63) is 29.0 Å². The van der Waals surface area contributed by atoms with Gasteiger partial charge >= 0.3 is 5.97 Å². The van der Waals surface area contributed by atoms with Crippen molar-refractivity contribution in [2.75, 3.05) is 25.0 Å². The molecule has 0 bridgehead atoms. The summed E-state index contributed by atoms with van der Waals surface area (Å²) >= 11 is 0. The third kappa shape index (κ3) is 6.82. The van der Waals surface area contributed by atoms with Gasteiger partial charge in [-0.05, 0) is 64.0 Å². The Labute approximate surface area is 154 Å². The highest BCUT2D eigenvalue weighted by molar-refractivity contribution is 5.71. The molecule has 1 saturated heterocycles. The summed E-state index contributed by atoms with van der Waals surface area (Å²) in [6.07, 6.45) is 3.66. The van der Waals surface area contributed by atoms with Gasteiger partial charge in [0.05, 0.1) is 5.69 Å². The molecule has 0 radical (unpaired) electrons. The van der Waals surface area contributed by atoms with Crippen LogP contribution in [0.4, 0.5) is 5.69 Å². The van der Waals surface area contributed by atoms with E-state index in [1.807, 2.05) is 0 Å². The van der Waals surface area contributed by atoms with Gasteiger partial charge in [0.25, 0.3) is 0 Å². The van der Waals surface area contributed by atoms with Crippen LogP contribution in [0.3, 0.4) is 0 Å². The fourth-order valence-electron chi connectivity index (χ4n) is 2.93. The summed E-state index contributed by atoms with van der Waals surface area (Å²) < 4.78 is 15.9. The molecule has 1 aliphatic heterocycles. The van der Waals surface area contributed by atoms with Crippen molar-refractivity contribution in [3.63, 3.8) is 0 Å². The predicted molar refractivity (Wildman–Crippen MR) is 97.3 cm³/mol. The number of benzene rings is 1. The highest BCUT2D eigenvalue weighted by Crippen LogP contribution is 2.29. The van der Waals surface area contributed by atoms with Gasteiger partial charge in [-0.15, -0.1) is 0 Å². The molecule has 2 rings (SSSR count). The normalized spacial score (nSPS) is 15.6. The van der Waals surface area contributed by atoms with Crippen LogP contribution in [0.5, 0.6) is 5.75 Å². The second kappa shape index (κ2) is 9.21. The van der Waals surface area contributed by atoms with Crippen LogP contribution in [0, 0.1) is 11.1 Å². The molecule has 1 aromatic carbocycles. The lowest BCUT2D eigenvalue weighted by Gasteiger charge is -2.27. The molecule has 1 aliphatic rings. The lowest BCUT2D eigenvalue weighted by atomic mass is 9.92. The predicted octanol–water partition coefficient (Wildman–Crippen LogP) is 3.46. The topological polar surface area (TPSA) is 91.3 Å². The first-order chi connectivity index (χ1) is 12.2. The Morgan fingerprint density at radius 2 is 2.04 bits per heavy atom. The first-order valence-corrected chi connectivity index (χ1v) is 8.96. The van der Waals surface area contributed by atoms with E-state index in [0.717, 1.165) is 38.0 Å². The van der Waals surface area contributed by atoms with E-state index in [0.29, 0.717) is 18.1 Å². The summed E-state index contributed by atoms with van der Waals surface area (Å²) in [7, 11) is 0. The third-order valence-corrected chi connectivity index (χ3v) is 4.20. The maximum atomic E-state index is 11.7. The number of hydrogen-bond acceptors (Lipinski definition) is 7. The molecule has 1 N–H and O–H groups in total. The summed E-state index contributed by atoms with van der Waals surface area (Å²) in [5.41, 5.74) is 0.300. The van der Waals surface area contributed by atoms with E-state index in [-0.39, 0.29) is 17.5 Å². The molecule has 1 aromatic rings. The van der Waals surface area contributed by atoms with Crippen LogP contribution in [0.15, 0.2) is 18.2 Å². The molecule has 0 unspecified atom stereocenters. The zero-order chi connectivity index (χ0) is 19.2. The molecule has 1 fully saturated rings. The Hall–Kier alpha value is -1.83. The van der Waals surface area contributed by atoms with E-state index in [1.165, 1.54) is 6.07 Å². The third-order valence-electron chi connectivity index (χ3n) is 4.20. The average molecular weight is 366 g/mol. The lowest BCUT2D eigenvalue weighted by molar-refractivity contribution is -0.157. The van der Waals surface area contributed by atoms with E-state index in [9.17, 15) is 15.2 Å². The molecule has 0 saturated carbocycles. The van der Waals surface area contributed by atoms with Gasteiger partial charge in [0.2, 0.25) is 0 Å². The Kier molecular flexibility index (Phi) is 7.25. The SMILES string of the molecule is CC(C)(C)OC(=O)COc1ccc(CCC2CCOCC2)c(N([O-])O)c1. The van der Waals surface area contributed by atoms with Gasteiger partial charge in [-0.2, -0.15) is 0 Å². The summed E-state index contributed by atoms with van der Waals surface area (Å²) in [4.78, 5) is 11.7. The van der Waals surface area contributed by atoms with Crippen LogP contribution in [-0.2, 0) is 20.7 Å². The van der Waals surface area contributed by atoms with E-state index in [1.54, 1.807) is 32.9 Å². The molecular weight excluding hydrogens is 338 g/mol. The smallest absolute Gasteiger partial charge is 0.344 e. The summed E-state index contributed by atoms with van der Waals surface area (Å²) in [6.45, 7) is 6.62. The van der Waals surface area contributed by atoms with Gasteiger partial charge in [-0.1, -0.05) is 6.07 Å². The minimum Gasteiger partial charge on any atom is -0.733 e. The highest BCUT2D eigenvalue weighted by Gasteiger charge is 2.18. The summed E-state index contributed by atoms with van der Waals surface area (Å²) in [6, 6.07) is 4.88. The zero-order valence-corrected chi connectivity index (χ0v) is 15.7. The van der Waals surface area contributed by atoms with Gasteiger partial charge in [0, 0.05) is 19.3 Å². The number of carbonyl (C=O) groups is 1. The van der Waals surface area contributed by atoms with Crippen molar-refractivity contribution in [1.82, 2.24) is 0 Å². The maximum Gasteiger partial charge on any atom is 0.344 e. The molecule has 0 atom stereocenters. The van der Waals surface area contributed by atoms with Gasteiger partial charge in [0.1, 0.15) is 11.4 Å². The Morgan fingerprint density at radius 1 is 1.35 bits per heavy atom. The van der Waals surface area contributed by atoms with E-state index in [2.05, 4.69) is 0 Å². The minimum atomic E-state index is -0.587. The van der Waals surface area contributed by atoms with Crippen LogP contribution in [-0.4, -0.2) is 36.6 Å². The Morgan fingerprint density at radius 3 is 2.65 bits per heavy atom. The summed E-state index contributed by atoms with van der Waals surface area (Å²) in [5.74, 6) is 0.402. The average Bonchev–Trinajstić information content (AvgIpc) is 2.58. The van der Waals surface area contributed by atoms with E-state index >= 15 is 0 Å². The largest absolute Gasteiger partial charge is 0.733 e. The number of rotatable bonds is 7. The first-order valence-electron chi connectivity index (χ1n) is 8.96. The molecular formula is C19H28NO6-. The van der Waals surface area contributed by atoms with Crippen molar-refractivity contribution >= 4 is 11.7 Å². The molecule has 0 spiro atoms. The molecule has 26 heavy (non-hydrogen) atoms. The van der Waals surface area contributed by atoms with E-state index in [4.69, 9.17) is 14.2 Å². The van der Waals surface area contributed by atoms with Crippen molar-refractivity contribution in [3.8, 4) is 5.75 Å². The fourth-order valence-corrected chi connectivity index (χ4v) is 2.93. The number of aryl methyl sites for hydroxylation is 1. The Balaban J connectivity index is 1.95. The van der Waals surface area contributed by atoms with Crippen molar-refractivity contribution < 1.29 is 24.2 Å². The number of nitrogens with zero attached hydrogens (tertiary/aromatic N) is 1. The molecule has 7 heteroatoms. The second-order valence-corrected chi connectivity index (χ2v) is 7.53. The van der Waals surface area contributed by atoms with Gasteiger partial charge in [0.15, 0.2) is 6.61 Å². The van der Waals surface area contributed by atoms with Crippen molar-refractivity contribution in [2.24, 2.45) is 5.92 Å². The van der Waals surface area contributed by atoms with Gasteiger partial charge < -0.3 is 24.6 Å². The highest BCUT2D eigenvalue weighted by atomic mass is 16.8. The van der Waals surface area contributed by atoms with Crippen LogP contribution < -0.4 is 9.96 Å². The van der Waals surface area contributed by atoms with Crippen LogP contribution in [0.2, 0.25) is 0 Å². The molecule has 1 heterocycles. The Bertz CT molecular complexity index is 590. The standard InChI is InChI=1S/C19H28NO6/c1-19(2,3)26-18(21)13-25-16-7-6-15(17(12-16)20(22)23)5-4-14-8-10-24-11-9-14/h6-7,12,14,22H,4-5,8-11,13H2,1-3H3/q-1. The molecule has 0 aliphatic carbocycles. The maximum absolute atomic E-state index is 11.7.